The molecule has 0 heterocycles. The van der Waals surface area contributed by atoms with Crippen LogP contribution in [0.5, 0.6) is 11.5 Å². The Morgan fingerprint density at radius 2 is 1.89 bits per heavy atom. The van der Waals surface area contributed by atoms with Gasteiger partial charge in [-0.2, -0.15) is 0 Å². The maximum Gasteiger partial charge on any atom is 0.160 e. The molecule has 0 saturated heterocycles. The van der Waals surface area contributed by atoms with Crippen LogP contribution in [-0.4, -0.2) is 18.3 Å². The number of para-hydroxylation sites is 1. The fourth-order valence-electron chi connectivity index (χ4n) is 2.09. The van der Waals surface area contributed by atoms with Gasteiger partial charge >= 0.3 is 0 Å². The monoisotopic (exact) mass is 257 g/mol. The Morgan fingerprint density at radius 1 is 1.16 bits per heavy atom. The number of phenolic OH excluding ortho intramolecular Hbond substituents is 1. The zero-order chi connectivity index (χ0) is 13.7. The van der Waals surface area contributed by atoms with Crippen molar-refractivity contribution in [2.75, 3.05) is 12.4 Å². The summed E-state index contributed by atoms with van der Waals surface area (Å²) in [5.41, 5.74) is 2.18. The second kappa shape index (κ2) is 6.14. The average Bonchev–Trinajstić information content (AvgIpc) is 2.40. The number of benzene rings is 2. The zero-order valence-corrected chi connectivity index (χ0v) is 11.3. The smallest absolute Gasteiger partial charge is 0.160 e. The number of anilines is 1. The van der Waals surface area contributed by atoms with Gasteiger partial charge in [0.05, 0.1) is 7.11 Å². The number of aromatic hydroxyl groups is 1. The van der Waals surface area contributed by atoms with Crippen molar-refractivity contribution in [1.29, 1.82) is 0 Å². The molecule has 0 aliphatic carbocycles. The highest BCUT2D eigenvalue weighted by atomic mass is 16.5. The molecule has 2 aromatic rings. The highest BCUT2D eigenvalue weighted by Gasteiger charge is 2.07. The highest BCUT2D eigenvalue weighted by molar-refractivity contribution is 5.45. The van der Waals surface area contributed by atoms with Gasteiger partial charge in [0.1, 0.15) is 0 Å². The van der Waals surface area contributed by atoms with Crippen molar-refractivity contribution in [2.45, 2.75) is 19.4 Å². The van der Waals surface area contributed by atoms with Crippen LogP contribution in [0.15, 0.2) is 48.5 Å². The van der Waals surface area contributed by atoms with E-state index >= 15 is 0 Å². The third-order valence-corrected chi connectivity index (χ3v) is 2.97. The molecule has 0 aromatic heterocycles. The molecule has 0 aliphatic rings. The van der Waals surface area contributed by atoms with Gasteiger partial charge in [0.2, 0.25) is 0 Å². The molecule has 0 radical (unpaired) electrons. The first-order valence-electron chi connectivity index (χ1n) is 6.36. The van der Waals surface area contributed by atoms with Crippen LogP contribution in [-0.2, 0) is 6.42 Å². The van der Waals surface area contributed by atoms with E-state index in [2.05, 4.69) is 12.2 Å². The fraction of sp³-hybridized carbons (Fsp3) is 0.250. The predicted molar refractivity (Wildman–Crippen MR) is 77.9 cm³/mol. The Labute approximate surface area is 113 Å². The van der Waals surface area contributed by atoms with E-state index in [1.54, 1.807) is 19.2 Å². The molecule has 2 aromatic carbocycles. The van der Waals surface area contributed by atoms with Crippen LogP contribution < -0.4 is 10.1 Å². The molecule has 100 valence electrons. The van der Waals surface area contributed by atoms with Gasteiger partial charge in [-0.05, 0) is 43.2 Å². The van der Waals surface area contributed by atoms with Crippen LogP contribution in [0.25, 0.3) is 0 Å². The van der Waals surface area contributed by atoms with Gasteiger partial charge in [0.25, 0.3) is 0 Å². The summed E-state index contributed by atoms with van der Waals surface area (Å²) >= 11 is 0. The summed E-state index contributed by atoms with van der Waals surface area (Å²) in [6.45, 7) is 2.12. The lowest BCUT2D eigenvalue weighted by Crippen LogP contribution is -2.17. The van der Waals surface area contributed by atoms with Gasteiger partial charge in [-0.3, -0.25) is 0 Å². The molecule has 3 nitrogen and oxygen atoms in total. The summed E-state index contributed by atoms with van der Waals surface area (Å²) in [6.07, 6.45) is 0.840. The van der Waals surface area contributed by atoms with Crippen molar-refractivity contribution < 1.29 is 9.84 Å². The van der Waals surface area contributed by atoms with E-state index in [4.69, 9.17) is 4.74 Å². The number of hydrogen-bond donors (Lipinski definition) is 2. The lowest BCUT2D eigenvalue weighted by atomic mass is 10.1. The molecule has 3 heteroatoms. The molecule has 0 aliphatic heterocycles. The molecule has 0 saturated carbocycles. The van der Waals surface area contributed by atoms with Gasteiger partial charge in [-0.15, -0.1) is 0 Å². The summed E-state index contributed by atoms with van der Waals surface area (Å²) in [5.74, 6) is 0.694. The minimum atomic E-state index is 0.187. The van der Waals surface area contributed by atoms with Gasteiger partial charge in [0, 0.05) is 11.7 Å². The molecule has 2 rings (SSSR count). The second-order valence-electron chi connectivity index (χ2n) is 4.62. The Bertz CT molecular complexity index is 526. The van der Waals surface area contributed by atoms with Crippen molar-refractivity contribution in [2.24, 2.45) is 0 Å². The van der Waals surface area contributed by atoms with Crippen LogP contribution in [0.4, 0.5) is 5.69 Å². The average molecular weight is 257 g/mol. The van der Waals surface area contributed by atoms with Crippen molar-refractivity contribution in [3.05, 3.63) is 54.1 Å². The summed E-state index contributed by atoms with van der Waals surface area (Å²) in [5, 5.41) is 13.2. The molecule has 1 unspecified atom stereocenters. The number of phenols is 1. The molecule has 1 atom stereocenters. The van der Waals surface area contributed by atoms with Crippen LogP contribution in [0.2, 0.25) is 0 Å². The predicted octanol–water partition coefficient (Wildman–Crippen LogP) is 3.44. The second-order valence-corrected chi connectivity index (χ2v) is 4.62. The first-order valence-corrected chi connectivity index (χ1v) is 6.36. The molecule has 0 spiro atoms. The lowest BCUT2D eigenvalue weighted by molar-refractivity contribution is 0.373. The Hall–Kier alpha value is -2.16. The molecular weight excluding hydrogens is 238 g/mol. The molecule has 19 heavy (non-hydrogen) atoms. The zero-order valence-electron chi connectivity index (χ0n) is 11.3. The summed E-state index contributed by atoms with van der Waals surface area (Å²) in [6, 6.07) is 15.9. The van der Waals surface area contributed by atoms with Gasteiger partial charge in [-0.1, -0.05) is 24.3 Å². The van der Waals surface area contributed by atoms with Gasteiger partial charge in [0.15, 0.2) is 11.5 Å². The van der Waals surface area contributed by atoms with Crippen molar-refractivity contribution in [1.82, 2.24) is 0 Å². The normalized spacial score (nSPS) is 11.9. The first-order chi connectivity index (χ1) is 9.19. The van der Waals surface area contributed by atoms with E-state index in [9.17, 15) is 5.11 Å². The largest absolute Gasteiger partial charge is 0.504 e. The standard InChI is InChI=1S/C16H19NO2/c1-12(17-14-6-4-3-5-7-14)10-13-8-9-16(19-2)15(18)11-13/h3-9,11-12,17-18H,10H2,1-2H3. The number of hydrogen-bond acceptors (Lipinski definition) is 3. The van der Waals surface area contributed by atoms with Gasteiger partial charge < -0.3 is 15.2 Å². The Balaban J connectivity index is 1.99. The topological polar surface area (TPSA) is 41.5 Å². The van der Waals surface area contributed by atoms with E-state index in [-0.39, 0.29) is 11.8 Å². The molecule has 0 amide bonds. The maximum absolute atomic E-state index is 9.75. The molecule has 0 bridgehead atoms. The number of nitrogens with one attached hydrogen (secondary N) is 1. The highest BCUT2D eigenvalue weighted by Crippen LogP contribution is 2.26. The number of methoxy groups -OCH3 is 1. The third kappa shape index (κ3) is 3.65. The van der Waals surface area contributed by atoms with Crippen molar-refractivity contribution in [3.63, 3.8) is 0 Å². The first kappa shape index (κ1) is 13.3. The quantitative estimate of drug-likeness (QED) is 0.862. The van der Waals surface area contributed by atoms with E-state index < -0.39 is 0 Å². The minimum Gasteiger partial charge on any atom is -0.504 e. The third-order valence-electron chi connectivity index (χ3n) is 2.97. The van der Waals surface area contributed by atoms with E-state index in [0.717, 1.165) is 17.7 Å². The number of rotatable bonds is 5. The molecule has 0 fully saturated rings. The Kier molecular flexibility index (Phi) is 4.29. The van der Waals surface area contributed by atoms with Crippen molar-refractivity contribution in [3.8, 4) is 11.5 Å². The lowest BCUT2D eigenvalue weighted by Gasteiger charge is -2.15. The SMILES string of the molecule is COc1ccc(CC(C)Nc2ccccc2)cc1O. The summed E-state index contributed by atoms with van der Waals surface area (Å²) in [7, 11) is 1.55. The maximum atomic E-state index is 9.75. The van der Waals surface area contributed by atoms with E-state index in [1.807, 2.05) is 36.4 Å². The molecular formula is C16H19NO2. The van der Waals surface area contributed by atoms with Crippen LogP contribution in [0, 0.1) is 0 Å². The van der Waals surface area contributed by atoms with E-state index in [0.29, 0.717) is 5.75 Å². The fourth-order valence-corrected chi connectivity index (χ4v) is 2.09. The van der Waals surface area contributed by atoms with Crippen LogP contribution in [0.1, 0.15) is 12.5 Å². The molecule has 2 N–H and O–H groups in total. The van der Waals surface area contributed by atoms with E-state index in [1.165, 1.54) is 0 Å². The van der Waals surface area contributed by atoms with Gasteiger partial charge in [-0.25, -0.2) is 0 Å². The van der Waals surface area contributed by atoms with Crippen LogP contribution >= 0.6 is 0 Å². The van der Waals surface area contributed by atoms with Crippen LogP contribution in [0.3, 0.4) is 0 Å². The van der Waals surface area contributed by atoms with Crippen molar-refractivity contribution >= 4 is 5.69 Å². The minimum absolute atomic E-state index is 0.187. The summed E-state index contributed by atoms with van der Waals surface area (Å²) in [4.78, 5) is 0. The summed E-state index contributed by atoms with van der Waals surface area (Å²) < 4.78 is 5.03. The number of ether oxygens (including phenoxy) is 1. The Morgan fingerprint density at radius 3 is 2.53 bits per heavy atom.